The molecule has 1 aromatic heterocycles. The Morgan fingerprint density at radius 3 is 3.05 bits per heavy atom. The van der Waals surface area contributed by atoms with Gasteiger partial charge in [0, 0.05) is 19.5 Å². The van der Waals surface area contributed by atoms with Crippen LogP contribution in [0.3, 0.4) is 0 Å². The summed E-state index contributed by atoms with van der Waals surface area (Å²) in [4.78, 5) is 24.4. The Morgan fingerprint density at radius 1 is 1.53 bits per heavy atom. The summed E-state index contributed by atoms with van der Waals surface area (Å²) in [5.41, 5.74) is 1.17. The van der Waals surface area contributed by atoms with Gasteiger partial charge in [-0.2, -0.15) is 11.3 Å². The highest BCUT2D eigenvalue weighted by Crippen LogP contribution is 2.13. The number of carboxylic acids is 1. The van der Waals surface area contributed by atoms with Gasteiger partial charge in [0.25, 0.3) is 0 Å². The molecule has 1 aliphatic rings. The molecular weight excluding hydrogens is 266 g/mol. The van der Waals surface area contributed by atoms with Crippen LogP contribution in [0.5, 0.6) is 0 Å². The van der Waals surface area contributed by atoms with Crippen molar-refractivity contribution in [1.82, 2.24) is 4.90 Å². The van der Waals surface area contributed by atoms with Gasteiger partial charge < -0.3 is 14.7 Å². The van der Waals surface area contributed by atoms with E-state index in [1.54, 1.807) is 16.2 Å². The van der Waals surface area contributed by atoms with E-state index in [2.05, 4.69) is 0 Å². The molecule has 2 heterocycles. The third-order valence-corrected chi connectivity index (χ3v) is 3.83. The number of rotatable bonds is 5. The van der Waals surface area contributed by atoms with Crippen molar-refractivity contribution in [3.63, 3.8) is 0 Å². The normalized spacial score (nSPS) is 19.4. The first-order chi connectivity index (χ1) is 9.15. The molecule has 1 amide bonds. The van der Waals surface area contributed by atoms with E-state index >= 15 is 0 Å². The molecule has 0 aromatic carbocycles. The standard InChI is InChI=1S/C13H17NO4S/c15-12(2-1-10-3-6-19-9-10)14-4-5-18-11(8-14)7-13(16)17/h3,6,9,11H,1-2,4-5,7-8H2,(H,16,17)/t11-/m0/s1. The van der Waals surface area contributed by atoms with Crippen molar-refractivity contribution in [3.8, 4) is 0 Å². The van der Waals surface area contributed by atoms with Crippen LogP contribution in [0.2, 0.25) is 0 Å². The van der Waals surface area contributed by atoms with E-state index in [9.17, 15) is 9.59 Å². The second-order valence-corrected chi connectivity index (χ2v) is 5.34. The van der Waals surface area contributed by atoms with Gasteiger partial charge in [0.2, 0.25) is 5.91 Å². The zero-order chi connectivity index (χ0) is 13.7. The van der Waals surface area contributed by atoms with Crippen molar-refractivity contribution in [3.05, 3.63) is 22.4 Å². The van der Waals surface area contributed by atoms with E-state index in [-0.39, 0.29) is 18.4 Å². The van der Waals surface area contributed by atoms with Crippen LogP contribution in [-0.4, -0.2) is 47.7 Å². The molecule has 1 fully saturated rings. The van der Waals surface area contributed by atoms with E-state index in [4.69, 9.17) is 9.84 Å². The maximum absolute atomic E-state index is 12.1. The van der Waals surface area contributed by atoms with E-state index in [1.807, 2.05) is 16.8 Å². The number of carbonyl (C=O) groups is 2. The van der Waals surface area contributed by atoms with Gasteiger partial charge in [-0.15, -0.1) is 0 Å². The minimum absolute atomic E-state index is 0.0473. The number of morpholine rings is 1. The highest BCUT2D eigenvalue weighted by molar-refractivity contribution is 7.07. The lowest BCUT2D eigenvalue weighted by molar-refractivity contribution is -0.147. The Labute approximate surface area is 115 Å². The molecular formula is C13H17NO4S. The van der Waals surface area contributed by atoms with E-state index in [0.29, 0.717) is 26.1 Å². The van der Waals surface area contributed by atoms with Crippen molar-refractivity contribution in [2.75, 3.05) is 19.7 Å². The lowest BCUT2D eigenvalue weighted by atomic mass is 10.1. The predicted molar refractivity (Wildman–Crippen MR) is 71.2 cm³/mol. The number of nitrogens with zero attached hydrogens (tertiary/aromatic N) is 1. The number of thiophene rings is 1. The van der Waals surface area contributed by atoms with E-state index in [1.165, 1.54) is 5.56 Å². The number of aryl methyl sites for hydroxylation is 1. The van der Waals surface area contributed by atoms with Gasteiger partial charge >= 0.3 is 5.97 Å². The maximum Gasteiger partial charge on any atom is 0.306 e. The molecule has 104 valence electrons. The minimum atomic E-state index is -0.891. The molecule has 1 N–H and O–H groups in total. The fourth-order valence-corrected chi connectivity index (χ4v) is 2.81. The fourth-order valence-electron chi connectivity index (χ4n) is 2.11. The number of carboxylic acid groups (broad SMARTS) is 1. The summed E-state index contributed by atoms with van der Waals surface area (Å²) in [5, 5.41) is 12.8. The summed E-state index contributed by atoms with van der Waals surface area (Å²) in [6.45, 7) is 1.36. The third kappa shape index (κ3) is 4.33. The van der Waals surface area contributed by atoms with Gasteiger partial charge in [0.1, 0.15) is 0 Å². The summed E-state index contributed by atoms with van der Waals surface area (Å²) in [5.74, 6) is -0.817. The molecule has 1 atom stereocenters. The quantitative estimate of drug-likeness (QED) is 0.886. The monoisotopic (exact) mass is 283 g/mol. The van der Waals surface area contributed by atoms with Crippen molar-refractivity contribution in [2.24, 2.45) is 0 Å². The van der Waals surface area contributed by atoms with Crippen molar-refractivity contribution in [2.45, 2.75) is 25.4 Å². The van der Waals surface area contributed by atoms with Crippen LogP contribution in [0.15, 0.2) is 16.8 Å². The SMILES string of the molecule is O=C(O)C[C@H]1CN(C(=O)CCc2ccsc2)CCO1. The Kier molecular flexibility index (Phi) is 4.93. The molecule has 5 nitrogen and oxygen atoms in total. The zero-order valence-corrected chi connectivity index (χ0v) is 11.4. The maximum atomic E-state index is 12.1. The van der Waals surface area contributed by atoms with Gasteiger partial charge in [-0.05, 0) is 28.8 Å². The van der Waals surface area contributed by atoms with Gasteiger partial charge in [0.05, 0.1) is 19.1 Å². The molecule has 0 unspecified atom stereocenters. The van der Waals surface area contributed by atoms with Gasteiger partial charge in [0.15, 0.2) is 0 Å². The Balaban J connectivity index is 1.79. The predicted octanol–water partition coefficient (Wildman–Crippen LogP) is 1.38. The average Bonchev–Trinajstić information content (AvgIpc) is 2.88. The summed E-state index contributed by atoms with van der Waals surface area (Å²) in [6.07, 6.45) is 0.782. The Morgan fingerprint density at radius 2 is 2.37 bits per heavy atom. The minimum Gasteiger partial charge on any atom is -0.481 e. The smallest absolute Gasteiger partial charge is 0.306 e. The molecule has 0 aliphatic carbocycles. The second kappa shape index (κ2) is 6.68. The number of hydrogen-bond acceptors (Lipinski definition) is 4. The van der Waals surface area contributed by atoms with Crippen LogP contribution in [0.4, 0.5) is 0 Å². The number of carbonyl (C=O) groups excluding carboxylic acids is 1. The lowest BCUT2D eigenvalue weighted by Gasteiger charge is -2.32. The van der Waals surface area contributed by atoms with Crippen LogP contribution in [0, 0.1) is 0 Å². The van der Waals surface area contributed by atoms with Crippen molar-refractivity contribution in [1.29, 1.82) is 0 Å². The fraction of sp³-hybridized carbons (Fsp3) is 0.538. The summed E-state index contributed by atoms with van der Waals surface area (Å²) in [7, 11) is 0. The molecule has 0 saturated carbocycles. The number of hydrogen-bond donors (Lipinski definition) is 1. The molecule has 6 heteroatoms. The van der Waals surface area contributed by atoms with Crippen molar-refractivity contribution < 1.29 is 19.4 Å². The van der Waals surface area contributed by atoms with Gasteiger partial charge in [-0.1, -0.05) is 0 Å². The molecule has 0 bridgehead atoms. The summed E-state index contributed by atoms with van der Waals surface area (Å²) < 4.78 is 5.35. The largest absolute Gasteiger partial charge is 0.481 e. The first-order valence-electron chi connectivity index (χ1n) is 6.27. The first kappa shape index (κ1) is 14.0. The zero-order valence-electron chi connectivity index (χ0n) is 10.6. The summed E-state index contributed by atoms with van der Waals surface area (Å²) in [6, 6.07) is 2.02. The summed E-state index contributed by atoms with van der Waals surface area (Å²) >= 11 is 1.62. The van der Waals surface area contributed by atoms with Crippen molar-refractivity contribution >= 4 is 23.2 Å². The van der Waals surface area contributed by atoms with Crippen LogP contribution < -0.4 is 0 Å². The van der Waals surface area contributed by atoms with E-state index < -0.39 is 5.97 Å². The molecule has 1 saturated heterocycles. The first-order valence-corrected chi connectivity index (χ1v) is 7.21. The van der Waals surface area contributed by atoms with Gasteiger partial charge in [-0.3, -0.25) is 9.59 Å². The van der Waals surface area contributed by atoms with E-state index in [0.717, 1.165) is 6.42 Å². The number of amides is 1. The molecule has 0 spiro atoms. The molecule has 0 radical (unpaired) electrons. The van der Waals surface area contributed by atoms with Crippen LogP contribution in [-0.2, 0) is 20.7 Å². The van der Waals surface area contributed by atoms with Crippen LogP contribution in [0.1, 0.15) is 18.4 Å². The molecule has 1 aliphatic heterocycles. The topological polar surface area (TPSA) is 66.8 Å². The Hall–Kier alpha value is -1.40. The number of aliphatic carboxylic acids is 1. The average molecular weight is 283 g/mol. The molecule has 2 rings (SSSR count). The lowest BCUT2D eigenvalue weighted by Crippen LogP contribution is -2.46. The van der Waals surface area contributed by atoms with Gasteiger partial charge in [-0.25, -0.2) is 0 Å². The van der Waals surface area contributed by atoms with Crippen LogP contribution in [0.25, 0.3) is 0 Å². The highest BCUT2D eigenvalue weighted by Gasteiger charge is 2.25. The molecule has 1 aromatic rings. The number of ether oxygens (including phenoxy) is 1. The van der Waals surface area contributed by atoms with Crippen LogP contribution >= 0.6 is 11.3 Å². The second-order valence-electron chi connectivity index (χ2n) is 4.56. The highest BCUT2D eigenvalue weighted by atomic mass is 32.1. The Bertz CT molecular complexity index is 432. The third-order valence-electron chi connectivity index (χ3n) is 3.10. The molecule has 19 heavy (non-hydrogen) atoms.